The van der Waals surface area contributed by atoms with E-state index in [1.807, 2.05) is 30.3 Å². The summed E-state index contributed by atoms with van der Waals surface area (Å²) in [6.45, 7) is 2.66. The van der Waals surface area contributed by atoms with Crippen molar-refractivity contribution in [1.29, 1.82) is 0 Å². The molecule has 1 amide bonds. The largest absolute Gasteiger partial charge is 0.461 e. The first-order valence-corrected chi connectivity index (χ1v) is 10.5. The number of para-hydroxylation sites is 1. The van der Waals surface area contributed by atoms with Gasteiger partial charge in [0.2, 0.25) is 5.91 Å². The summed E-state index contributed by atoms with van der Waals surface area (Å²) >= 11 is 0. The van der Waals surface area contributed by atoms with Crippen LogP contribution >= 0.6 is 0 Å². The Hall–Kier alpha value is -4.00. The first kappa shape index (κ1) is 21.2. The number of ether oxygens (including phenoxy) is 1. The monoisotopic (exact) mass is 429 g/mol. The Bertz CT molecular complexity index is 1160. The topological polar surface area (TPSA) is 81.5 Å². The van der Waals surface area contributed by atoms with Crippen molar-refractivity contribution in [2.24, 2.45) is 0 Å². The summed E-state index contributed by atoms with van der Waals surface area (Å²) < 4.78 is 6.70. The molecule has 0 spiro atoms. The summed E-state index contributed by atoms with van der Waals surface area (Å²) in [5.74, 6) is -0.661. The Balaban J connectivity index is 1.56. The zero-order valence-corrected chi connectivity index (χ0v) is 17.7. The van der Waals surface area contributed by atoms with Gasteiger partial charge in [-0.3, -0.25) is 9.59 Å². The van der Waals surface area contributed by atoms with Gasteiger partial charge in [0.1, 0.15) is 0 Å². The summed E-state index contributed by atoms with van der Waals surface area (Å²) in [5.41, 5.74) is 2.70. The average molecular weight is 429 g/mol. The lowest BCUT2D eigenvalue weighted by molar-refractivity contribution is -0.117. The maximum Gasteiger partial charge on any atom is 0.359 e. The van der Waals surface area contributed by atoms with E-state index in [0.717, 1.165) is 17.8 Å². The summed E-state index contributed by atoms with van der Waals surface area (Å²) in [6, 6.07) is 16.3. The minimum Gasteiger partial charge on any atom is -0.461 e. The number of allylic oxidation sites excluding steroid dienone is 1. The number of hydrogen-bond donors (Lipinski definition) is 0. The van der Waals surface area contributed by atoms with Gasteiger partial charge in [-0.1, -0.05) is 18.2 Å². The lowest BCUT2D eigenvalue weighted by Crippen LogP contribution is -2.23. The molecule has 0 atom stereocenters. The fraction of sp³-hybridized carbons (Fsp3) is 0.200. The van der Waals surface area contributed by atoms with Crippen molar-refractivity contribution in [3.63, 3.8) is 0 Å². The van der Waals surface area contributed by atoms with Gasteiger partial charge in [0.25, 0.3) is 0 Å². The number of carbonyl (C=O) groups excluding carboxylic acids is 3. The van der Waals surface area contributed by atoms with Crippen molar-refractivity contribution in [1.82, 2.24) is 9.78 Å². The first-order valence-electron chi connectivity index (χ1n) is 10.5. The lowest BCUT2D eigenvalue weighted by atomic mass is 10.1. The van der Waals surface area contributed by atoms with Crippen LogP contribution in [0, 0.1) is 0 Å². The molecule has 1 aromatic heterocycles. The molecule has 1 aliphatic heterocycles. The van der Waals surface area contributed by atoms with Crippen LogP contribution in [0.5, 0.6) is 0 Å². The van der Waals surface area contributed by atoms with E-state index in [1.54, 1.807) is 53.0 Å². The second-order valence-electron chi connectivity index (χ2n) is 7.33. The molecule has 0 saturated carbocycles. The summed E-state index contributed by atoms with van der Waals surface area (Å²) in [5, 5.41) is 4.35. The average Bonchev–Trinajstić information content (AvgIpc) is 3.45. The highest BCUT2D eigenvalue weighted by molar-refractivity contribution is 6.08. The molecule has 162 valence electrons. The highest BCUT2D eigenvalue weighted by Crippen LogP contribution is 2.22. The van der Waals surface area contributed by atoms with E-state index in [2.05, 4.69) is 5.10 Å². The first-order chi connectivity index (χ1) is 15.6. The van der Waals surface area contributed by atoms with Crippen LogP contribution in [0.4, 0.5) is 5.69 Å². The zero-order valence-electron chi connectivity index (χ0n) is 17.7. The van der Waals surface area contributed by atoms with Gasteiger partial charge in [0, 0.05) is 36.0 Å². The van der Waals surface area contributed by atoms with Crippen molar-refractivity contribution in [2.75, 3.05) is 18.1 Å². The molecule has 7 nitrogen and oxygen atoms in total. The van der Waals surface area contributed by atoms with Crippen molar-refractivity contribution >= 4 is 29.4 Å². The van der Waals surface area contributed by atoms with Crippen LogP contribution < -0.4 is 4.90 Å². The lowest BCUT2D eigenvalue weighted by Gasteiger charge is -2.15. The Kier molecular flexibility index (Phi) is 6.26. The van der Waals surface area contributed by atoms with Crippen molar-refractivity contribution < 1.29 is 19.1 Å². The predicted molar refractivity (Wildman–Crippen MR) is 121 cm³/mol. The van der Waals surface area contributed by atoms with Crippen LogP contribution in [-0.2, 0) is 9.53 Å². The molecule has 7 heteroatoms. The van der Waals surface area contributed by atoms with Gasteiger partial charge in [0.15, 0.2) is 11.5 Å². The number of carbonyl (C=O) groups is 3. The van der Waals surface area contributed by atoms with E-state index in [9.17, 15) is 14.4 Å². The molecule has 1 fully saturated rings. The third kappa shape index (κ3) is 4.51. The van der Waals surface area contributed by atoms with E-state index in [4.69, 9.17) is 4.74 Å². The number of amides is 1. The van der Waals surface area contributed by atoms with E-state index in [0.29, 0.717) is 24.1 Å². The Morgan fingerprint density at radius 2 is 1.81 bits per heavy atom. The van der Waals surface area contributed by atoms with Crippen molar-refractivity contribution in [3.05, 3.63) is 83.7 Å². The normalized spacial score (nSPS) is 13.7. The SMILES string of the molecule is CCOC(=O)c1nn(-c2ccccc2)cc1/C=C/C(=O)c1ccc(N2CCCC2=O)cc1. The van der Waals surface area contributed by atoms with Gasteiger partial charge in [-0.15, -0.1) is 0 Å². The molecule has 32 heavy (non-hydrogen) atoms. The predicted octanol–water partition coefficient (Wildman–Crippen LogP) is 4.07. The number of hydrogen-bond acceptors (Lipinski definition) is 5. The number of anilines is 1. The third-order valence-electron chi connectivity index (χ3n) is 5.18. The molecular formula is C25H23N3O4. The van der Waals surface area contributed by atoms with Gasteiger partial charge in [0.05, 0.1) is 12.3 Å². The number of benzene rings is 2. The summed E-state index contributed by atoms with van der Waals surface area (Å²) in [7, 11) is 0. The van der Waals surface area contributed by atoms with Gasteiger partial charge in [-0.05, 0) is 61.9 Å². The highest BCUT2D eigenvalue weighted by Gasteiger charge is 2.21. The molecule has 3 aromatic rings. The highest BCUT2D eigenvalue weighted by atomic mass is 16.5. The number of ketones is 1. The maximum atomic E-state index is 12.7. The second-order valence-corrected chi connectivity index (χ2v) is 7.33. The fourth-order valence-corrected chi connectivity index (χ4v) is 3.57. The van der Waals surface area contributed by atoms with Crippen LogP contribution in [0.25, 0.3) is 11.8 Å². The second kappa shape index (κ2) is 9.43. The maximum absolute atomic E-state index is 12.7. The number of rotatable bonds is 7. The van der Waals surface area contributed by atoms with Crippen molar-refractivity contribution in [2.45, 2.75) is 19.8 Å². The van der Waals surface area contributed by atoms with Gasteiger partial charge in [-0.25, -0.2) is 9.48 Å². The van der Waals surface area contributed by atoms with Crippen molar-refractivity contribution in [3.8, 4) is 5.69 Å². The molecule has 1 saturated heterocycles. The number of nitrogens with zero attached hydrogens (tertiary/aromatic N) is 3. The van der Waals surface area contributed by atoms with Crippen LogP contribution in [0.15, 0.2) is 66.9 Å². The fourth-order valence-electron chi connectivity index (χ4n) is 3.57. The summed E-state index contributed by atoms with van der Waals surface area (Å²) in [4.78, 5) is 38.7. The van der Waals surface area contributed by atoms with E-state index in [1.165, 1.54) is 6.08 Å². The van der Waals surface area contributed by atoms with Gasteiger partial charge >= 0.3 is 5.97 Å². The molecule has 4 rings (SSSR count). The molecule has 0 N–H and O–H groups in total. The minimum absolute atomic E-state index is 0.103. The molecule has 0 radical (unpaired) electrons. The third-order valence-corrected chi connectivity index (χ3v) is 5.18. The minimum atomic E-state index is -0.547. The van der Waals surface area contributed by atoms with Gasteiger partial charge in [-0.2, -0.15) is 5.10 Å². The standard InChI is InChI=1S/C25H23N3O4/c1-2-32-25(31)24-19(17-28(26-24)21-7-4-3-5-8-21)12-15-22(29)18-10-13-20(14-11-18)27-16-6-9-23(27)30/h3-5,7-8,10-15,17H,2,6,9,16H2,1H3/b15-12+. The molecule has 2 aromatic carbocycles. The molecule has 2 heterocycles. The molecular weight excluding hydrogens is 406 g/mol. The quantitative estimate of drug-likeness (QED) is 0.321. The zero-order chi connectivity index (χ0) is 22.5. The Morgan fingerprint density at radius 3 is 2.47 bits per heavy atom. The van der Waals surface area contributed by atoms with E-state index >= 15 is 0 Å². The smallest absolute Gasteiger partial charge is 0.359 e. The van der Waals surface area contributed by atoms with Gasteiger partial charge < -0.3 is 9.64 Å². The Labute approximate surface area is 185 Å². The van der Waals surface area contributed by atoms with E-state index < -0.39 is 5.97 Å². The van der Waals surface area contributed by atoms with Crippen LogP contribution in [0.3, 0.4) is 0 Å². The molecule has 1 aliphatic rings. The molecule has 0 bridgehead atoms. The van der Waals surface area contributed by atoms with E-state index in [-0.39, 0.29) is 24.0 Å². The molecule has 0 aliphatic carbocycles. The van der Waals surface area contributed by atoms with Crippen LogP contribution in [-0.4, -0.2) is 40.6 Å². The summed E-state index contributed by atoms with van der Waals surface area (Å²) in [6.07, 6.45) is 6.07. The number of esters is 1. The Morgan fingerprint density at radius 1 is 1.06 bits per heavy atom. The molecule has 0 unspecified atom stereocenters. The van der Waals surface area contributed by atoms with Crippen LogP contribution in [0.1, 0.15) is 46.2 Å². The number of aromatic nitrogens is 2. The van der Waals surface area contributed by atoms with Crippen LogP contribution in [0.2, 0.25) is 0 Å².